The highest BCUT2D eigenvalue weighted by atomic mass is 79.9. The van der Waals surface area contributed by atoms with E-state index < -0.39 is 0 Å². The third-order valence-electron chi connectivity index (χ3n) is 6.73. The molecular formula is C29H29BrN4O2. The number of hydrogen-bond acceptors (Lipinski definition) is 3. The second-order valence-electron chi connectivity index (χ2n) is 9.53. The Morgan fingerprint density at radius 1 is 1.06 bits per heavy atom. The zero-order valence-electron chi connectivity index (χ0n) is 20.5. The molecule has 36 heavy (non-hydrogen) atoms. The average Bonchev–Trinajstić information content (AvgIpc) is 3.43. The Morgan fingerprint density at radius 2 is 1.81 bits per heavy atom. The van der Waals surface area contributed by atoms with Gasteiger partial charge in [0.15, 0.2) is 0 Å². The molecule has 3 aromatic carbocycles. The Labute approximate surface area is 219 Å². The molecule has 1 aliphatic rings. The van der Waals surface area contributed by atoms with Gasteiger partial charge in [0.1, 0.15) is 12.4 Å². The lowest BCUT2D eigenvalue weighted by Gasteiger charge is -2.28. The maximum absolute atomic E-state index is 13.6. The Hall–Kier alpha value is -3.45. The molecule has 1 atom stereocenters. The number of carbonyl (C=O) groups is 2. The van der Waals surface area contributed by atoms with Gasteiger partial charge in [-0.1, -0.05) is 64.5 Å². The highest BCUT2D eigenvalue weighted by molar-refractivity contribution is 9.10. The first-order valence-electron chi connectivity index (χ1n) is 12.2. The monoisotopic (exact) mass is 544 g/mol. The molecule has 6 nitrogen and oxygen atoms in total. The maximum atomic E-state index is 13.6. The molecule has 0 N–H and O–H groups in total. The van der Waals surface area contributed by atoms with Crippen molar-refractivity contribution in [1.82, 2.24) is 14.5 Å². The minimum absolute atomic E-state index is 0.0337. The topological polar surface area (TPSA) is 58.4 Å². The van der Waals surface area contributed by atoms with Gasteiger partial charge in [0, 0.05) is 41.6 Å². The molecule has 5 rings (SSSR count). The number of amides is 2. The smallest absolute Gasteiger partial charge is 0.243 e. The SMILES string of the molecule is CC(C)N(Cc1ccccc1)C(=O)Cn1c(C2CC(=O)N(c3cccc(Br)c3)C2)nc2ccccc21. The van der Waals surface area contributed by atoms with Crippen molar-refractivity contribution in [3.8, 4) is 0 Å². The zero-order valence-corrected chi connectivity index (χ0v) is 22.1. The second-order valence-corrected chi connectivity index (χ2v) is 10.4. The van der Waals surface area contributed by atoms with Crippen LogP contribution in [0.3, 0.4) is 0 Å². The Kier molecular flexibility index (Phi) is 6.92. The number of fused-ring (bicyclic) bond motifs is 1. The maximum Gasteiger partial charge on any atom is 0.243 e. The van der Waals surface area contributed by atoms with E-state index >= 15 is 0 Å². The Balaban J connectivity index is 1.45. The van der Waals surface area contributed by atoms with Crippen LogP contribution in [0.2, 0.25) is 0 Å². The molecule has 1 saturated heterocycles. The first-order valence-corrected chi connectivity index (χ1v) is 13.0. The number of benzene rings is 3. The van der Waals surface area contributed by atoms with Crippen LogP contribution in [0.4, 0.5) is 5.69 Å². The molecule has 0 radical (unpaired) electrons. The fourth-order valence-corrected chi connectivity index (χ4v) is 5.30. The van der Waals surface area contributed by atoms with Gasteiger partial charge in [-0.3, -0.25) is 9.59 Å². The molecule has 0 aliphatic carbocycles. The fourth-order valence-electron chi connectivity index (χ4n) is 4.91. The van der Waals surface area contributed by atoms with E-state index in [1.54, 1.807) is 0 Å². The van der Waals surface area contributed by atoms with E-state index in [0.29, 0.717) is 19.5 Å². The van der Waals surface area contributed by atoms with Crippen molar-refractivity contribution in [2.75, 3.05) is 11.4 Å². The van der Waals surface area contributed by atoms with E-state index in [9.17, 15) is 9.59 Å². The lowest BCUT2D eigenvalue weighted by atomic mass is 10.1. The van der Waals surface area contributed by atoms with Gasteiger partial charge in [0.25, 0.3) is 0 Å². The van der Waals surface area contributed by atoms with Crippen LogP contribution in [0.25, 0.3) is 11.0 Å². The molecule has 7 heteroatoms. The molecular weight excluding hydrogens is 516 g/mol. The Bertz CT molecular complexity index is 1400. The highest BCUT2D eigenvalue weighted by Crippen LogP contribution is 2.34. The average molecular weight is 545 g/mol. The number of rotatable bonds is 7. The first-order chi connectivity index (χ1) is 17.4. The first kappa shape index (κ1) is 24.3. The summed E-state index contributed by atoms with van der Waals surface area (Å²) in [4.78, 5) is 35.3. The van der Waals surface area contributed by atoms with Crippen LogP contribution >= 0.6 is 15.9 Å². The molecule has 2 heterocycles. The lowest BCUT2D eigenvalue weighted by Crippen LogP contribution is -2.39. The summed E-state index contributed by atoms with van der Waals surface area (Å²) in [5.41, 5.74) is 3.72. The van der Waals surface area contributed by atoms with Gasteiger partial charge in [-0.15, -0.1) is 0 Å². The van der Waals surface area contributed by atoms with E-state index in [2.05, 4.69) is 15.9 Å². The lowest BCUT2D eigenvalue weighted by molar-refractivity contribution is -0.134. The summed E-state index contributed by atoms with van der Waals surface area (Å²) in [7, 11) is 0. The number of para-hydroxylation sites is 2. The predicted octanol–water partition coefficient (Wildman–Crippen LogP) is 5.76. The van der Waals surface area contributed by atoms with E-state index in [-0.39, 0.29) is 30.3 Å². The summed E-state index contributed by atoms with van der Waals surface area (Å²) in [6.07, 6.45) is 0.363. The van der Waals surface area contributed by atoms with Crippen molar-refractivity contribution in [3.05, 3.63) is 94.7 Å². The molecule has 0 saturated carbocycles. The summed E-state index contributed by atoms with van der Waals surface area (Å²) in [6, 6.07) is 25.8. The van der Waals surface area contributed by atoms with Crippen molar-refractivity contribution in [2.45, 2.75) is 45.3 Å². The van der Waals surface area contributed by atoms with Crippen molar-refractivity contribution >= 4 is 44.5 Å². The van der Waals surface area contributed by atoms with Crippen LogP contribution in [-0.4, -0.2) is 38.9 Å². The van der Waals surface area contributed by atoms with Gasteiger partial charge in [0.2, 0.25) is 11.8 Å². The minimum Gasteiger partial charge on any atom is -0.334 e. The number of imidazole rings is 1. The number of aromatic nitrogens is 2. The minimum atomic E-state index is -0.0988. The van der Waals surface area contributed by atoms with Gasteiger partial charge < -0.3 is 14.4 Å². The van der Waals surface area contributed by atoms with E-state index in [4.69, 9.17) is 4.98 Å². The number of anilines is 1. The Morgan fingerprint density at radius 3 is 2.56 bits per heavy atom. The van der Waals surface area contributed by atoms with Crippen LogP contribution in [-0.2, 0) is 22.7 Å². The zero-order chi connectivity index (χ0) is 25.2. The van der Waals surface area contributed by atoms with Crippen LogP contribution in [0.1, 0.15) is 37.6 Å². The van der Waals surface area contributed by atoms with Gasteiger partial charge in [0.05, 0.1) is 11.0 Å². The van der Waals surface area contributed by atoms with Crippen molar-refractivity contribution in [3.63, 3.8) is 0 Å². The molecule has 184 valence electrons. The van der Waals surface area contributed by atoms with Crippen LogP contribution < -0.4 is 4.90 Å². The van der Waals surface area contributed by atoms with Crippen LogP contribution in [0.5, 0.6) is 0 Å². The summed E-state index contributed by atoms with van der Waals surface area (Å²) < 4.78 is 2.95. The van der Waals surface area contributed by atoms with Gasteiger partial charge in [-0.2, -0.15) is 0 Å². The van der Waals surface area contributed by atoms with Crippen molar-refractivity contribution in [1.29, 1.82) is 0 Å². The standard InChI is InChI=1S/C29H29BrN4O2/c1-20(2)32(17-21-9-4-3-5-10-21)28(36)19-34-26-14-7-6-13-25(26)31-29(34)22-15-27(35)33(18-22)24-12-8-11-23(30)16-24/h3-14,16,20,22H,15,17-19H2,1-2H3. The van der Waals surface area contributed by atoms with E-state index in [0.717, 1.165) is 32.6 Å². The number of carbonyl (C=O) groups excluding carboxylic acids is 2. The molecule has 1 fully saturated rings. The molecule has 2 amide bonds. The summed E-state index contributed by atoms with van der Waals surface area (Å²) in [6.45, 7) is 5.35. The summed E-state index contributed by atoms with van der Waals surface area (Å²) in [5.74, 6) is 0.791. The van der Waals surface area contributed by atoms with Crippen LogP contribution in [0, 0.1) is 0 Å². The predicted molar refractivity (Wildman–Crippen MR) is 146 cm³/mol. The number of hydrogen-bond donors (Lipinski definition) is 0. The molecule has 1 unspecified atom stereocenters. The quantitative estimate of drug-likeness (QED) is 0.297. The van der Waals surface area contributed by atoms with Crippen molar-refractivity contribution < 1.29 is 9.59 Å². The highest BCUT2D eigenvalue weighted by Gasteiger charge is 2.35. The van der Waals surface area contributed by atoms with Gasteiger partial charge in [-0.25, -0.2) is 4.98 Å². The molecule has 0 bridgehead atoms. The van der Waals surface area contributed by atoms with Gasteiger partial charge in [-0.05, 0) is 49.7 Å². The molecule has 1 aliphatic heterocycles. The van der Waals surface area contributed by atoms with Crippen LogP contribution in [0.15, 0.2) is 83.3 Å². The summed E-state index contributed by atoms with van der Waals surface area (Å²) >= 11 is 3.50. The largest absolute Gasteiger partial charge is 0.334 e. The van der Waals surface area contributed by atoms with Crippen molar-refractivity contribution in [2.24, 2.45) is 0 Å². The van der Waals surface area contributed by atoms with Gasteiger partial charge >= 0.3 is 0 Å². The van der Waals surface area contributed by atoms with E-state index in [1.807, 2.05) is 107 Å². The normalized spacial score (nSPS) is 15.7. The fraction of sp³-hybridized carbons (Fsp3) is 0.276. The summed E-state index contributed by atoms with van der Waals surface area (Å²) in [5, 5.41) is 0. The number of halogens is 1. The molecule has 1 aromatic heterocycles. The third-order valence-corrected chi connectivity index (χ3v) is 7.22. The number of nitrogens with zero attached hydrogens (tertiary/aromatic N) is 4. The molecule has 4 aromatic rings. The third kappa shape index (κ3) is 4.93. The van der Waals surface area contributed by atoms with E-state index in [1.165, 1.54) is 0 Å². The molecule has 0 spiro atoms. The second kappa shape index (κ2) is 10.3.